The molecule has 0 aliphatic carbocycles. The summed E-state index contributed by atoms with van der Waals surface area (Å²) in [7, 11) is 0. The van der Waals surface area contributed by atoms with Crippen LogP contribution < -0.4 is 5.32 Å². The second-order valence-electron chi connectivity index (χ2n) is 4.95. The predicted octanol–water partition coefficient (Wildman–Crippen LogP) is 2.33. The summed E-state index contributed by atoms with van der Waals surface area (Å²) in [4.78, 5) is 46.3. The Balaban J connectivity index is 1.97. The van der Waals surface area contributed by atoms with E-state index in [-0.39, 0.29) is 17.2 Å². The molecule has 1 N–H and O–H groups in total. The van der Waals surface area contributed by atoms with Gasteiger partial charge in [0.1, 0.15) is 5.56 Å². The van der Waals surface area contributed by atoms with Gasteiger partial charge in [-0.05, 0) is 18.2 Å². The molecule has 130 valence electrons. The first-order chi connectivity index (χ1) is 11.9. The van der Waals surface area contributed by atoms with Crippen molar-refractivity contribution in [1.82, 2.24) is 5.32 Å². The minimum atomic E-state index is -0.935. The molecule has 0 saturated heterocycles. The van der Waals surface area contributed by atoms with Crippen LogP contribution in [0, 0.1) is 10.1 Å². The van der Waals surface area contributed by atoms with Crippen LogP contribution in [0.2, 0.25) is 0 Å². The highest BCUT2D eigenvalue weighted by atomic mass is 32.1. The molecule has 0 aliphatic heterocycles. The number of esters is 1. The summed E-state index contributed by atoms with van der Waals surface area (Å²) in [6.07, 6.45) is 0. The first-order valence-corrected chi connectivity index (χ1v) is 7.97. The second-order valence-corrected chi connectivity index (χ2v) is 6.12. The van der Waals surface area contributed by atoms with Crippen LogP contribution in [-0.4, -0.2) is 29.2 Å². The summed E-state index contributed by atoms with van der Waals surface area (Å²) in [5.41, 5.74) is -0.591. The quantitative estimate of drug-likeness (QED) is 0.350. The van der Waals surface area contributed by atoms with Gasteiger partial charge >= 0.3 is 5.97 Å². The van der Waals surface area contributed by atoms with Gasteiger partial charge in [0.2, 0.25) is 11.7 Å². The van der Waals surface area contributed by atoms with Crippen LogP contribution in [0.5, 0.6) is 0 Å². The lowest BCUT2D eigenvalue weighted by Crippen LogP contribution is -2.18. The molecule has 0 aliphatic rings. The van der Waals surface area contributed by atoms with Crippen molar-refractivity contribution in [3.8, 4) is 0 Å². The normalized spacial score (nSPS) is 10.1. The van der Waals surface area contributed by atoms with Gasteiger partial charge in [-0.15, -0.1) is 11.3 Å². The van der Waals surface area contributed by atoms with Gasteiger partial charge in [0.15, 0.2) is 6.61 Å². The number of hydrogen-bond acceptors (Lipinski definition) is 7. The summed E-state index contributed by atoms with van der Waals surface area (Å²) in [6, 6.07) is 8.62. The third-order valence-corrected chi connectivity index (χ3v) is 4.23. The molecule has 1 aromatic carbocycles. The van der Waals surface area contributed by atoms with Crippen molar-refractivity contribution in [2.75, 3.05) is 6.61 Å². The Hall–Kier alpha value is -3.07. The molecule has 0 radical (unpaired) electrons. The first-order valence-electron chi connectivity index (χ1n) is 7.15. The van der Waals surface area contributed by atoms with Gasteiger partial charge in [-0.1, -0.05) is 12.1 Å². The molecule has 25 heavy (non-hydrogen) atoms. The molecule has 0 unspecified atom stereocenters. The van der Waals surface area contributed by atoms with Crippen molar-refractivity contribution in [2.24, 2.45) is 0 Å². The van der Waals surface area contributed by atoms with Crippen molar-refractivity contribution < 1.29 is 24.0 Å². The topological polar surface area (TPSA) is 116 Å². The summed E-state index contributed by atoms with van der Waals surface area (Å²) in [5.74, 6) is -1.54. The van der Waals surface area contributed by atoms with Gasteiger partial charge in [-0.3, -0.25) is 19.7 Å². The Morgan fingerprint density at radius 1 is 1.20 bits per heavy atom. The maximum Gasteiger partial charge on any atom is 0.345 e. The maximum atomic E-state index is 12.1. The van der Waals surface area contributed by atoms with Gasteiger partial charge in [-0.2, -0.15) is 0 Å². The Labute approximate surface area is 146 Å². The van der Waals surface area contributed by atoms with Gasteiger partial charge in [0.25, 0.3) is 5.69 Å². The summed E-state index contributed by atoms with van der Waals surface area (Å²) in [6.45, 7) is 1.18. The molecule has 2 rings (SSSR count). The lowest BCUT2D eigenvalue weighted by Gasteiger charge is -2.04. The van der Waals surface area contributed by atoms with Gasteiger partial charge in [0.05, 0.1) is 16.3 Å². The molecule has 0 atom stereocenters. The summed E-state index contributed by atoms with van der Waals surface area (Å²) in [5, 5.41) is 13.5. The van der Waals surface area contributed by atoms with E-state index in [1.54, 1.807) is 12.1 Å². The van der Waals surface area contributed by atoms with E-state index in [1.165, 1.54) is 42.5 Å². The first kappa shape index (κ1) is 18.3. The molecule has 1 heterocycles. The van der Waals surface area contributed by atoms with E-state index in [1.807, 2.05) is 0 Å². The molecule has 2 aromatic rings. The van der Waals surface area contributed by atoms with Crippen molar-refractivity contribution in [1.29, 1.82) is 0 Å². The van der Waals surface area contributed by atoms with E-state index < -0.39 is 23.3 Å². The molecule has 1 amide bonds. The minimum Gasteiger partial charge on any atom is -0.453 e. The highest BCUT2D eigenvalue weighted by Crippen LogP contribution is 2.20. The van der Waals surface area contributed by atoms with E-state index in [0.29, 0.717) is 11.4 Å². The van der Waals surface area contributed by atoms with Crippen LogP contribution in [0.25, 0.3) is 0 Å². The van der Waals surface area contributed by atoms with Crippen LogP contribution in [-0.2, 0) is 16.1 Å². The number of amides is 1. The standard InChI is InChI=1S/C16H14N2O6S/c1-10(19)17-8-11-6-7-15(25-11)14(20)9-24-16(21)12-4-2-3-5-13(12)18(22)23/h2-7H,8-9H2,1H3,(H,17,19). The number of nitro benzene ring substituents is 1. The number of benzene rings is 1. The van der Waals surface area contributed by atoms with Crippen molar-refractivity contribution in [3.63, 3.8) is 0 Å². The molecule has 9 heteroatoms. The molecule has 0 fully saturated rings. The number of carbonyl (C=O) groups is 3. The smallest absolute Gasteiger partial charge is 0.345 e. The van der Waals surface area contributed by atoms with Crippen LogP contribution in [0.15, 0.2) is 36.4 Å². The summed E-state index contributed by atoms with van der Waals surface area (Å²) < 4.78 is 4.89. The Morgan fingerprint density at radius 3 is 2.60 bits per heavy atom. The molecule has 0 saturated carbocycles. The minimum absolute atomic E-state index is 0.181. The van der Waals surface area contributed by atoms with Crippen molar-refractivity contribution in [3.05, 3.63) is 61.8 Å². The number of rotatable bonds is 7. The van der Waals surface area contributed by atoms with Gasteiger partial charge in [0, 0.05) is 17.9 Å². The molecular formula is C16H14N2O6S. The number of Topliss-reactive ketones (excluding diaryl/α,β-unsaturated/α-hetero) is 1. The Morgan fingerprint density at radius 2 is 1.92 bits per heavy atom. The molecular weight excluding hydrogens is 348 g/mol. The Kier molecular flexibility index (Phi) is 5.96. The molecule has 8 nitrogen and oxygen atoms in total. The van der Waals surface area contributed by atoms with Crippen LogP contribution in [0.1, 0.15) is 31.8 Å². The van der Waals surface area contributed by atoms with Crippen LogP contribution in [0.3, 0.4) is 0 Å². The number of ketones is 1. The largest absolute Gasteiger partial charge is 0.453 e. The van der Waals surface area contributed by atoms with Gasteiger partial charge in [-0.25, -0.2) is 4.79 Å². The van der Waals surface area contributed by atoms with Crippen molar-refractivity contribution >= 4 is 34.7 Å². The highest BCUT2D eigenvalue weighted by molar-refractivity contribution is 7.14. The van der Waals surface area contributed by atoms with Crippen molar-refractivity contribution in [2.45, 2.75) is 13.5 Å². The average molecular weight is 362 g/mol. The van der Waals surface area contributed by atoms with E-state index in [9.17, 15) is 24.5 Å². The monoisotopic (exact) mass is 362 g/mol. The van der Waals surface area contributed by atoms with E-state index in [2.05, 4.69) is 5.32 Å². The number of carbonyl (C=O) groups excluding carboxylic acids is 3. The Bertz CT molecular complexity index is 830. The third kappa shape index (κ3) is 4.95. The fourth-order valence-electron chi connectivity index (χ4n) is 1.92. The zero-order valence-electron chi connectivity index (χ0n) is 13.2. The third-order valence-electron chi connectivity index (χ3n) is 3.10. The lowest BCUT2D eigenvalue weighted by molar-refractivity contribution is -0.385. The number of para-hydroxylation sites is 1. The number of nitro groups is 1. The van der Waals surface area contributed by atoms with E-state index >= 15 is 0 Å². The fraction of sp³-hybridized carbons (Fsp3) is 0.188. The number of hydrogen-bond donors (Lipinski definition) is 1. The zero-order chi connectivity index (χ0) is 18.4. The molecule has 0 bridgehead atoms. The van der Waals surface area contributed by atoms with Gasteiger partial charge < -0.3 is 10.1 Å². The molecule has 0 spiro atoms. The van der Waals surface area contributed by atoms with Crippen LogP contribution in [0.4, 0.5) is 5.69 Å². The number of nitrogens with zero attached hydrogens (tertiary/aromatic N) is 1. The highest BCUT2D eigenvalue weighted by Gasteiger charge is 2.21. The van der Waals surface area contributed by atoms with E-state index in [0.717, 1.165) is 4.88 Å². The van der Waals surface area contributed by atoms with E-state index in [4.69, 9.17) is 4.74 Å². The lowest BCUT2D eigenvalue weighted by atomic mass is 10.2. The molecule has 1 aromatic heterocycles. The average Bonchev–Trinajstić information content (AvgIpc) is 3.06. The SMILES string of the molecule is CC(=O)NCc1ccc(C(=O)COC(=O)c2ccccc2[N+](=O)[O-])s1. The predicted molar refractivity (Wildman–Crippen MR) is 89.5 cm³/mol. The fourth-order valence-corrected chi connectivity index (χ4v) is 2.79. The zero-order valence-corrected chi connectivity index (χ0v) is 14.0. The number of ether oxygens (including phenoxy) is 1. The number of nitrogens with one attached hydrogen (secondary N) is 1. The van der Waals surface area contributed by atoms with Crippen LogP contribution >= 0.6 is 11.3 Å². The summed E-state index contributed by atoms with van der Waals surface area (Å²) >= 11 is 1.17. The maximum absolute atomic E-state index is 12.1. The number of thiophene rings is 1. The second kappa shape index (κ2) is 8.15.